The summed E-state index contributed by atoms with van der Waals surface area (Å²) in [5.41, 5.74) is 4.42. The molecule has 0 saturated heterocycles. The fraction of sp³-hybridized carbons (Fsp3) is 0.429. The summed E-state index contributed by atoms with van der Waals surface area (Å²) in [5.74, 6) is 0.506. The Morgan fingerprint density at radius 2 is 1.67 bits per heavy atom. The van der Waals surface area contributed by atoms with E-state index in [-0.39, 0.29) is 10.8 Å². The van der Waals surface area contributed by atoms with Crippen LogP contribution in [0.1, 0.15) is 64.5 Å². The van der Waals surface area contributed by atoms with E-state index < -0.39 is 0 Å². The first-order valence-corrected chi connectivity index (χ1v) is 12.1. The van der Waals surface area contributed by atoms with Gasteiger partial charge in [-0.25, -0.2) is 0 Å². The van der Waals surface area contributed by atoms with E-state index >= 15 is 0 Å². The molecule has 0 amide bonds. The summed E-state index contributed by atoms with van der Waals surface area (Å²) in [6, 6.07) is 17.7. The standard InChI is InChI=1S/C28H39NS/c1-8-9-12-19-28(5,6)24(20-27(2,3)4)23-17-15-22(16-18-23)21-29-25-13-10-11-14-26(25)30-7/h8-18,24,29H,1,19-21H2,2-7H3. The van der Waals surface area contributed by atoms with Crippen molar-refractivity contribution in [2.24, 2.45) is 10.8 Å². The Labute approximate surface area is 189 Å². The van der Waals surface area contributed by atoms with Crippen molar-refractivity contribution in [2.75, 3.05) is 11.6 Å². The molecule has 1 N–H and O–H groups in total. The summed E-state index contributed by atoms with van der Waals surface area (Å²) in [7, 11) is 0. The van der Waals surface area contributed by atoms with Gasteiger partial charge >= 0.3 is 0 Å². The Kier molecular flexibility index (Phi) is 8.85. The van der Waals surface area contributed by atoms with Crippen molar-refractivity contribution in [3.05, 3.63) is 84.5 Å². The highest BCUT2D eigenvalue weighted by molar-refractivity contribution is 7.98. The van der Waals surface area contributed by atoms with E-state index in [4.69, 9.17) is 0 Å². The highest BCUT2D eigenvalue weighted by Crippen LogP contribution is 2.45. The molecule has 0 aliphatic rings. The van der Waals surface area contributed by atoms with Gasteiger partial charge in [0.2, 0.25) is 0 Å². The van der Waals surface area contributed by atoms with E-state index in [0.717, 1.165) is 13.0 Å². The molecule has 0 heterocycles. The first-order valence-electron chi connectivity index (χ1n) is 10.9. The van der Waals surface area contributed by atoms with E-state index in [2.05, 4.69) is 113 Å². The molecular weight excluding hydrogens is 382 g/mol. The van der Waals surface area contributed by atoms with Crippen molar-refractivity contribution in [2.45, 2.75) is 64.8 Å². The Balaban J connectivity index is 2.17. The maximum absolute atomic E-state index is 3.81. The van der Waals surface area contributed by atoms with E-state index in [1.165, 1.54) is 28.1 Å². The average Bonchev–Trinajstić information content (AvgIpc) is 2.70. The molecule has 2 rings (SSSR count). The van der Waals surface area contributed by atoms with Gasteiger partial charge in [-0.15, -0.1) is 11.8 Å². The second-order valence-corrected chi connectivity index (χ2v) is 10.8. The van der Waals surface area contributed by atoms with Crippen LogP contribution in [0.25, 0.3) is 0 Å². The zero-order valence-corrected chi connectivity index (χ0v) is 20.5. The molecule has 0 fully saturated rings. The molecular formula is C28H39NS. The third-order valence-corrected chi connectivity index (χ3v) is 6.44. The zero-order chi connectivity index (χ0) is 22.2. The van der Waals surface area contributed by atoms with Crippen molar-refractivity contribution in [3.63, 3.8) is 0 Å². The predicted octanol–water partition coefficient (Wildman–Crippen LogP) is 8.70. The molecule has 2 aromatic carbocycles. The van der Waals surface area contributed by atoms with Crippen molar-refractivity contribution in [1.82, 2.24) is 0 Å². The summed E-state index contributed by atoms with van der Waals surface area (Å²) in [6.07, 6.45) is 10.5. The third-order valence-electron chi connectivity index (χ3n) is 5.65. The smallest absolute Gasteiger partial charge is 0.0480 e. The molecule has 1 nitrogen and oxygen atoms in total. The second-order valence-electron chi connectivity index (χ2n) is 9.97. The van der Waals surface area contributed by atoms with Crippen LogP contribution in [-0.4, -0.2) is 6.26 Å². The van der Waals surface area contributed by atoms with Gasteiger partial charge in [-0.1, -0.05) is 95.8 Å². The first-order chi connectivity index (χ1) is 14.2. The lowest BCUT2D eigenvalue weighted by Crippen LogP contribution is -2.26. The topological polar surface area (TPSA) is 12.0 Å². The molecule has 0 aliphatic carbocycles. The average molecular weight is 422 g/mol. The van der Waals surface area contributed by atoms with Crippen molar-refractivity contribution in [3.8, 4) is 0 Å². The van der Waals surface area contributed by atoms with Crippen LogP contribution in [-0.2, 0) is 6.54 Å². The summed E-state index contributed by atoms with van der Waals surface area (Å²) >= 11 is 1.78. The maximum Gasteiger partial charge on any atom is 0.0480 e. The normalized spacial score (nSPS) is 13.4. The zero-order valence-electron chi connectivity index (χ0n) is 19.7. The Morgan fingerprint density at radius 3 is 2.27 bits per heavy atom. The molecule has 2 aromatic rings. The minimum atomic E-state index is 0.184. The number of hydrogen-bond acceptors (Lipinski definition) is 2. The van der Waals surface area contributed by atoms with Crippen LogP contribution >= 0.6 is 11.8 Å². The molecule has 0 aliphatic heterocycles. The number of nitrogens with one attached hydrogen (secondary N) is 1. The van der Waals surface area contributed by atoms with Gasteiger partial charge in [0, 0.05) is 17.1 Å². The number of thioether (sulfide) groups is 1. The SMILES string of the molecule is C=CC=CCC(C)(C)C(CC(C)(C)C)c1ccc(CNc2ccccc2SC)cc1. The molecule has 0 radical (unpaired) electrons. The third kappa shape index (κ3) is 7.40. The minimum Gasteiger partial charge on any atom is -0.380 e. The molecule has 1 atom stereocenters. The fourth-order valence-corrected chi connectivity index (χ4v) is 4.50. The van der Waals surface area contributed by atoms with Crippen LogP contribution in [0, 0.1) is 10.8 Å². The van der Waals surface area contributed by atoms with Crippen LogP contribution in [0.2, 0.25) is 0 Å². The summed E-state index contributed by atoms with van der Waals surface area (Å²) in [5, 5.41) is 3.59. The van der Waals surface area contributed by atoms with Gasteiger partial charge in [-0.05, 0) is 59.1 Å². The summed E-state index contributed by atoms with van der Waals surface area (Å²) in [4.78, 5) is 1.29. The summed E-state index contributed by atoms with van der Waals surface area (Å²) in [6.45, 7) is 16.5. The van der Waals surface area contributed by atoms with Crippen LogP contribution < -0.4 is 5.32 Å². The van der Waals surface area contributed by atoms with E-state index in [0.29, 0.717) is 5.92 Å². The van der Waals surface area contributed by atoms with Gasteiger partial charge in [-0.3, -0.25) is 0 Å². The lowest BCUT2D eigenvalue weighted by Gasteiger charge is -2.38. The number of benzene rings is 2. The molecule has 1 unspecified atom stereocenters. The van der Waals surface area contributed by atoms with Gasteiger partial charge in [0.15, 0.2) is 0 Å². The van der Waals surface area contributed by atoms with E-state index in [9.17, 15) is 0 Å². The molecule has 0 aromatic heterocycles. The molecule has 0 saturated carbocycles. The number of rotatable bonds is 10. The number of hydrogen-bond donors (Lipinski definition) is 1. The van der Waals surface area contributed by atoms with Gasteiger partial charge in [0.05, 0.1) is 0 Å². The minimum absolute atomic E-state index is 0.184. The predicted molar refractivity (Wildman–Crippen MR) is 137 cm³/mol. The Hall–Kier alpha value is -1.93. The molecule has 30 heavy (non-hydrogen) atoms. The maximum atomic E-state index is 3.81. The van der Waals surface area contributed by atoms with Crippen LogP contribution in [0.4, 0.5) is 5.69 Å². The molecule has 2 heteroatoms. The largest absolute Gasteiger partial charge is 0.380 e. The van der Waals surface area contributed by atoms with E-state index in [1.54, 1.807) is 11.8 Å². The second kappa shape index (κ2) is 10.9. The Bertz CT molecular complexity index is 824. The Morgan fingerprint density at radius 1 is 1.00 bits per heavy atom. The van der Waals surface area contributed by atoms with Gasteiger partial charge < -0.3 is 5.32 Å². The van der Waals surface area contributed by atoms with Crippen molar-refractivity contribution in [1.29, 1.82) is 0 Å². The van der Waals surface area contributed by atoms with Gasteiger partial charge in [-0.2, -0.15) is 0 Å². The van der Waals surface area contributed by atoms with Gasteiger partial charge in [0.1, 0.15) is 0 Å². The van der Waals surface area contributed by atoms with Crippen molar-refractivity contribution < 1.29 is 0 Å². The molecule has 0 bridgehead atoms. The van der Waals surface area contributed by atoms with Crippen LogP contribution in [0.5, 0.6) is 0 Å². The fourth-order valence-electron chi connectivity index (χ4n) is 3.92. The molecule has 0 spiro atoms. The lowest BCUT2D eigenvalue weighted by molar-refractivity contribution is 0.212. The lowest BCUT2D eigenvalue weighted by atomic mass is 9.66. The highest BCUT2D eigenvalue weighted by Gasteiger charge is 2.33. The van der Waals surface area contributed by atoms with Crippen LogP contribution in [0.15, 0.2) is 78.2 Å². The van der Waals surface area contributed by atoms with Gasteiger partial charge in [0.25, 0.3) is 0 Å². The van der Waals surface area contributed by atoms with E-state index in [1.807, 2.05) is 6.08 Å². The molecule has 162 valence electrons. The van der Waals surface area contributed by atoms with Crippen molar-refractivity contribution >= 4 is 17.4 Å². The first kappa shape index (κ1) is 24.3. The highest BCUT2D eigenvalue weighted by atomic mass is 32.2. The summed E-state index contributed by atoms with van der Waals surface area (Å²) < 4.78 is 0. The quantitative estimate of drug-likeness (QED) is 0.304. The monoisotopic (exact) mass is 421 g/mol. The van der Waals surface area contributed by atoms with Crippen LogP contribution in [0.3, 0.4) is 0 Å². The number of allylic oxidation sites excluding steroid dienone is 3. The number of anilines is 1. The number of para-hydroxylation sites is 1.